The van der Waals surface area contributed by atoms with E-state index in [9.17, 15) is 9.59 Å². The van der Waals surface area contributed by atoms with E-state index >= 15 is 0 Å². The van der Waals surface area contributed by atoms with Gasteiger partial charge in [0.2, 0.25) is 5.91 Å². The predicted molar refractivity (Wildman–Crippen MR) is 107 cm³/mol. The highest BCUT2D eigenvalue weighted by atomic mass is 16.5. The number of nitrogens with one attached hydrogen (secondary N) is 1. The number of ether oxygens (including phenoxy) is 1. The second kappa shape index (κ2) is 7.43. The average Bonchev–Trinajstić information content (AvgIpc) is 2.60. The van der Waals surface area contributed by atoms with E-state index in [4.69, 9.17) is 4.74 Å². The van der Waals surface area contributed by atoms with Gasteiger partial charge in [-0.2, -0.15) is 0 Å². The molecule has 142 valence electrons. The van der Waals surface area contributed by atoms with Gasteiger partial charge in [0.15, 0.2) is 6.61 Å². The van der Waals surface area contributed by atoms with Gasteiger partial charge in [0.25, 0.3) is 5.91 Å². The number of hydrogen-bond acceptors (Lipinski definition) is 3. The van der Waals surface area contributed by atoms with Crippen LogP contribution in [0.5, 0.6) is 5.75 Å². The number of aryl methyl sites for hydroxylation is 1. The maximum Gasteiger partial charge on any atom is 0.265 e. The topological polar surface area (TPSA) is 58.6 Å². The fourth-order valence-corrected chi connectivity index (χ4v) is 3.05. The Hall–Kier alpha value is -2.82. The molecule has 2 amide bonds. The molecule has 0 atom stereocenters. The first-order chi connectivity index (χ1) is 12.7. The molecule has 1 N–H and O–H groups in total. The molecular weight excluding hydrogens is 340 g/mol. The first-order valence-electron chi connectivity index (χ1n) is 9.18. The van der Waals surface area contributed by atoms with Crippen LogP contribution in [0.4, 0.5) is 11.4 Å². The highest BCUT2D eigenvalue weighted by Crippen LogP contribution is 2.33. The highest BCUT2D eigenvalue weighted by molar-refractivity contribution is 5.99. The number of fused-ring (bicyclic) bond motifs is 1. The second-order valence-corrected chi connectivity index (χ2v) is 7.93. The number of carbonyl (C=O) groups excluding carboxylic acids is 2. The van der Waals surface area contributed by atoms with Crippen LogP contribution in [0.15, 0.2) is 42.5 Å². The lowest BCUT2D eigenvalue weighted by Gasteiger charge is -2.29. The molecule has 0 bridgehead atoms. The Morgan fingerprint density at radius 3 is 2.52 bits per heavy atom. The lowest BCUT2D eigenvalue weighted by molar-refractivity contribution is -0.121. The Morgan fingerprint density at radius 2 is 1.85 bits per heavy atom. The van der Waals surface area contributed by atoms with Crippen molar-refractivity contribution in [2.24, 2.45) is 0 Å². The van der Waals surface area contributed by atoms with Crippen LogP contribution in [0.2, 0.25) is 0 Å². The number of benzene rings is 2. The van der Waals surface area contributed by atoms with E-state index < -0.39 is 0 Å². The van der Waals surface area contributed by atoms with Gasteiger partial charge in [-0.05, 0) is 47.7 Å². The zero-order chi connectivity index (χ0) is 19.6. The first-order valence-corrected chi connectivity index (χ1v) is 9.18. The molecule has 0 spiro atoms. The third-order valence-corrected chi connectivity index (χ3v) is 4.65. The molecule has 0 saturated heterocycles. The molecule has 5 nitrogen and oxygen atoms in total. The summed E-state index contributed by atoms with van der Waals surface area (Å²) in [6.07, 6.45) is 0.222. The Morgan fingerprint density at radius 1 is 1.15 bits per heavy atom. The minimum atomic E-state index is -0.129. The summed E-state index contributed by atoms with van der Waals surface area (Å²) < 4.78 is 5.47. The molecule has 27 heavy (non-hydrogen) atoms. The lowest BCUT2D eigenvalue weighted by atomic mass is 9.87. The third-order valence-electron chi connectivity index (χ3n) is 4.65. The molecule has 2 aromatic carbocycles. The zero-order valence-electron chi connectivity index (χ0n) is 16.3. The summed E-state index contributed by atoms with van der Waals surface area (Å²) in [5.41, 5.74) is 3.82. The highest BCUT2D eigenvalue weighted by Gasteiger charge is 2.25. The number of rotatable bonds is 4. The number of nitrogens with zero attached hydrogens (tertiary/aromatic N) is 1. The third kappa shape index (κ3) is 4.48. The summed E-state index contributed by atoms with van der Waals surface area (Å²) in [6.45, 7) is 8.75. The van der Waals surface area contributed by atoms with Crippen molar-refractivity contribution < 1.29 is 14.3 Å². The van der Waals surface area contributed by atoms with E-state index in [0.29, 0.717) is 12.3 Å². The molecule has 0 fully saturated rings. The largest absolute Gasteiger partial charge is 0.482 e. The van der Waals surface area contributed by atoms with Gasteiger partial charge in [-0.25, -0.2) is 0 Å². The molecule has 0 saturated carbocycles. The van der Waals surface area contributed by atoms with Crippen molar-refractivity contribution in [2.45, 2.75) is 39.5 Å². The lowest BCUT2D eigenvalue weighted by Crippen LogP contribution is -2.40. The molecule has 1 aliphatic heterocycles. The molecule has 5 heteroatoms. The van der Waals surface area contributed by atoms with Crippen LogP contribution in [0, 0.1) is 6.92 Å². The van der Waals surface area contributed by atoms with Crippen LogP contribution in [0.1, 0.15) is 38.3 Å². The molecule has 0 radical (unpaired) electrons. The smallest absolute Gasteiger partial charge is 0.265 e. The normalized spacial score (nSPS) is 13.8. The zero-order valence-corrected chi connectivity index (χ0v) is 16.3. The van der Waals surface area contributed by atoms with Crippen molar-refractivity contribution in [1.29, 1.82) is 0 Å². The molecule has 2 aromatic rings. The van der Waals surface area contributed by atoms with Crippen LogP contribution in [-0.4, -0.2) is 25.0 Å². The van der Waals surface area contributed by atoms with Gasteiger partial charge >= 0.3 is 0 Å². The van der Waals surface area contributed by atoms with Gasteiger partial charge < -0.3 is 15.0 Å². The van der Waals surface area contributed by atoms with Crippen molar-refractivity contribution >= 4 is 23.2 Å². The van der Waals surface area contributed by atoms with Crippen molar-refractivity contribution in [3.05, 3.63) is 53.6 Å². The van der Waals surface area contributed by atoms with Crippen molar-refractivity contribution in [3.8, 4) is 5.75 Å². The summed E-state index contributed by atoms with van der Waals surface area (Å²) in [4.78, 5) is 26.2. The van der Waals surface area contributed by atoms with Crippen LogP contribution < -0.4 is 15.0 Å². The summed E-state index contributed by atoms with van der Waals surface area (Å²) in [5.74, 6) is 0.431. The Kier molecular flexibility index (Phi) is 5.22. The molecule has 1 heterocycles. The minimum absolute atomic E-state index is 0.00590. The van der Waals surface area contributed by atoms with Crippen molar-refractivity contribution in [2.75, 3.05) is 23.4 Å². The second-order valence-electron chi connectivity index (χ2n) is 7.93. The van der Waals surface area contributed by atoms with Gasteiger partial charge in [-0.1, -0.05) is 39.0 Å². The maximum absolute atomic E-state index is 12.3. The average molecular weight is 366 g/mol. The summed E-state index contributed by atoms with van der Waals surface area (Å²) in [7, 11) is 0. The van der Waals surface area contributed by atoms with Gasteiger partial charge in [-0.15, -0.1) is 0 Å². The van der Waals surface area contributed by atoms with Crippen LogP contribution in [0.25, 0.3) is 0 Å². The SMILES string of the molecule is Cc1ccc2c(c1)N(CCC(=O)Nc1ccc(C(C)(C)C)cc1)C(=O)CO2. The Labute approximate surface area is 160 Å². The van der Waals surface area contributed by atoms with Crippen LogP contribution in [0.3, 0.4) is 0 Å². The van der Waals surface area contributed by atoms with Gasteiger partial charge in [0, 0.05) is 18.7 Å². The van der Waals surface area contributed by atoms with Crippen LogP contribution >= 0.6 is 0 Å². The molecule has 0 aliphatic carbocycles. The van der Waals surface area contributed by atoms with Gasteiger partial charge in [0.05, 0.1) is 5.69 Å². The molecule has 0 unspecified atom stereocenters. The summed E-state index contributed by atoms with van der Waals surface area (Å²) in [5, 5.41) is 2.90. The quantitative estimate of drug-likeness (QED) is 0.888. The van der Waals surface area contributed by atoms with E-state index in [1.165, 1.54) is 5.56 Å². The van der Waals surface area contributed by atoms with Gasteiger partial charge in [0.1, 0.15) is 5.75 Å². The molecule has 0 aromatic heterocycles. The van der Waals surface area contributed by atoms with Crippen molar-refractivity contribution in [1.82, 2.24) is 0 Å². The van der Waals surface area contributed by atoms with E-state index in [-0.39, 0.29) is 30.3 Å². The van der Waals surface area contributed by atoms with Crippen LogP contribution in [-0.2, 0) is 15.0 Å². The van der Waals surface area contributed by atoms with E-state index in [1.807, 2.05) is 49.4 Å². The fourth-order valence-electron chi connectivity index (χ4n) is 3.05. The molecule has 3 rings (SSSR count). The predicted octanol–water partition coefficient (Wildman–Crippen LogP) is 4.05. The molecule has 1 aliphatic rings. The summed E-state index contributed by atoms with van der Waals surface area (Å²) >= 11 is 0. The van der Waals surface area contributed by atoms with Gasteiger partial charge in [-0.3, -0.25) is 9.59 Å². The number of anilines is 2. The maximum atomic E-state index is 12.3. The van der Waals surface area contributed by atoms with E-state index in [0.717, 1.165) is 16.9 Å². The standard InChI is InChI=1S/C22H26N2O3/c1-15-5-10-19-18(13-15)24(21(26)14-27-19)12-11-20(25)23-17-8-6-16(7-9-17)22(2,3)4/h5-10,13H,11-12,14H2,1-4H3,(H,23,25). The van der Waals surface area contributed by atoms with E-state index in [2.05, 4.69) is 26.1 Å². The number of carbonyl (C=O) groups is 2. The van der Waals surface area contributed by atoms with E-state index in [1.54, 1.807) is 4.90 Å². The minimum Gasteiger partial charge on any atom is -0.482 e. The monoisotopic (exact) mass is 366 g/mol. The molecular formula is C22H26N2O3. The first kappa shape index (κ1) is 19.0. The number of amides is 2. The Bertz CT molecular complexity index is 851. The number of hydrogen-bond donors (Lipinski definition) is 1. The Balaban J connectivity index is 1.63. The summed E-state index contributed by atoms with van der Waals surface area (Å²) in [6, 6.07) is 13.6. The van der Waals surface area contributed by atoms with Crippen molar-refractivity contribution in [3.63, 3.8) is 0 Å². The fraction of sp³-hybridized carbons (Fsp3) is 0.364.